The second-order valence-corrected chi connectivity index (χ2v) is 10.3. The first-order valence-corrected chi connectivity index (χ1v) is 13.7. The molecule has 3 rings (SSSR count). The largest absolute Gasteiger partial charge is 0.359 e. The average molecular weight is 503 g/mol. The van der Waals surface area contributed by atoms with Gasteiger partial charge in [-0.15, -0.1) is 11.8 Å². The van der Waals surface area contributed by atoms with E-state index < -0.39 is 6.04 Å². The summed E-state index contributed by atoms with van der Waals surface area (Å²) in [7, 11) is 1.55. The molecular weight excluding hydrogens is 464 g/mol. The molecule has 1 saturated heterocycles. The first-order valence-electron chi connectivity index (χ1n) is 12.7. The highest BCUT2D eigenvalue weighted by molar-refractivity contribution is 7.99. The molecule has 0 aromatic heterocycles. The average Bonchev–Trinajstić information content (AvgIpc) is 3.22. The van der Waals surface area contributed by atoms with Gasteiger partial charge >= 0.3 is 0 Å². The number of piperidine rings is 1. The zero-order valence-corrected chi connectivity index (χ0v) is 21.5. The molecule has 0 radical (unpaired) electrons. The first kappa shape index (κ1) is 27.2. The molecule has 9 heteroatoms. The quantitative estimate of drug-likeness (QED) is 0.231. The summed E-state index contributed by atoms with van der Waals surface area (Å²) in [6, 6.07) is 4.99. The van der Waals surface area contributed by atoms with Crippen molar-refractivity contribution >= 4 is 35.8 Å². The lowest BCUT2D eigenvalue weighted by Gasteiger charge is -2.26. The van der Waals surface area contributed by atoms with Crippen molar-refractivity contribution in [3.63, 3.8) is 0 Å². The van der Waals surface area contributed by atoms with Crippen LogP contribution in [0.4, 0.5) is 0 Å². The molecule has 1 aromatic rings. The van der Waals surface area contributed by atoms with E-state index in [4.69, 9.17) is 0 Å². The minimum absolute atomic E-state index is 0.0915. The van der Waals surface area contributed by atoms with Crippen LogP contribution in [0.3, 0.4) is 0 Å². The Bertz CT molecular complexity index is 888. The van der Waals surface area contributed by atoms with Crippen molar-refractivity contribution in [2.75, 3.05) is 39.0 Å². The van der Waals surface area contributed by atoms with Crippen LogP contribution >= 0.6 is 11.8 Å². The van der Waals surface area contributed by atoms with Gasteiger partial charge < -0.3 is 25.2 Å². The SMILES string of the molecule is CNC(=O)CCC(C=O)N1Cc2c(SCCNC(=O)CCCCN3CCCCC3)cccc2C1=O. The molecular formula is C26H38N4O4S. The number of thioether (sulfide) groups is 1. The summed E-state index contributed by atoms with van der Waals surface area (Å²) in [5.41, 5.74) is 1.53. The molecule has 192 valence electrons. The first-order chi connectivity index (χ1) is 17.0. The van der Waals surface area contributed by atoms with Gasteiger partial charge in [-0.05, 0) is 69.4 Å². The Morgan fingerprint density at radius 2 is 1.91 bits per heavy atom. The number of nitrogens with zero attached hydrogens (tertiary/aromatic N) is 2. The van der Waals surface area contributed by atoms with Crippen LogP contribution in [-0.2, 0) is 20.9 Å². The number of unbranched alkanes of at least 4 members (excludes halogenated alkanes) is 1. The summed E-state index contributed by atoms with van der Waals surface area (Å²) < 4.78 is 0. The maximum Gasteiger partial charge on any atom is 0.255 e. The van der Waals surface area contributed by atoms with Gasteiger partial charge in [-0.2, -0.15) is 0 Å². The van der Waals surface area contributed by atoms with E-state index in [2.05, 4.69) is 15.5 Å². The summed E-state index contributed by atoms with van der Waals surface area (Å²) in [5, 5.41) is 5.55. The number of rotatable bonds is 14. The zero-order valence-electron chi connectivity index (χ0n) is 20.7. The molecule has 1 atom stereocenters. The summed E-state index contributed by atoms with van der Waals surface area (Å²) >= 11 is 1.61. The fraction of sp³-hybridized carbons (Fsp3) is 0.615. The summed E-state index contributed by atoms with van der Waals surface area (Å²) in [6.45, 7) is 4.41. The molecule has 0 aliphatic carbocycles. The molecule has 1 fully saturated rings. The number of hydrogen-bond donors (Lipinski definition) is 2. The van der Waals surface area contributed by atoms with Gasteiger partial charge in [0.15, 0.2) is 0 Å². The van der Waals surface area contributed by atoms with Gasteiger partial charge in [-0.25, -0.2) is 0 Å². The summed E-state index contributed by atoms with van der Waals surface area (Å²) in [6.07, 6.45) is 7.72. The van der Waals surface area contributed by atoms with Crippen LogP contribution in [0.25, 0.3) is 0 Å². The van der Waals surface area contributed by atoms with E-state index in [0.29, 0.717) is 37.2 Å². The Balaban J connectivity index is 1.40. The van der Waals surface area contributed by atoms with E-state index in [1.807, 2.05) is 12.1 Å². The van der Waals surface area contributed by atoms with Crippen LogP contribution in [0.2, 0.25) is 0 Å². The van der Waals surface area contributed by atoms with Crippen LogP contribution in [-0.4, -0.2) is 78.8 Å². The third-order valence-electron chi connectivity index (χ3n) is 6.71. The minimum Gasteiger partial charge on any atom is -0.359 e. The van der Waals surface area contributed by atoms with Gasteiger partial charge in [-0.3, -0.25) is 14.4 Å². The maximum atomic E-state index is 12.9. The number of aldehydes is 1. The molecule has 1 aromatic carbocycles. The van der Waals surface area contributed by atoms with Crippen LogP contribution in [0.5, 0.6) is 0 Å². The smallest absolute Gasteiger partial charge is 0.255 e. The molecule has 35 heavy (non-hydrogen) atoms. The molecule has 2 aliphatic rings. The van der Waals surface area contributed by atoms with Crippen molar-refractivity contribution < 1.29 is 19.2 Å². The Morgan fingerprint density at radius 1 is 1.11 bits per heavy atom. The summed E-state index contributed by atoms with van der Waals surface area (Å²) in [5.74, 6) is 0.474. The lowest BCUT2D eigenvalue weighted by Crippen LogP contribution is -2.37. The molecule has 2 heterocycles. The zero-order chi connectivity index (χ0) is 25.0. The van der Waals surface area contributed by atoms with Crippen molar-refractivity contribution in [1.82, 2.24) is 20.4 Å². The van der Waals surface area contributed by atoms with Crippen molar-refractivity contribution in [1.29, 1.82) is 0 Å². The third kappa shape index (κ3) is 8.07. The predicted octanol–water partition coefficient (Wildman–Crippen LogP) is 2.60. The maximum absolute atomic E-state index is 12.9. The Labute approximate surface area is 212 Å². The van der Waals surface area contributed by atoms with Crippen LogP contribution in [0.15, 0.2) is 23.1 Å². The van der Waals surface area contributed by atoms with Gasteiger partial charge in [0.1, 0.15) is 6.29 Å². The van der Waals surface area contributed by atoms with E-state index in [-0.39, 0.29) is 24.1 Å². The van der Waals surface area contributed by atoms with E-state index in [1.165, 1.54) is 32.4 Å². The summed E-state index contributed by atoms with van der Waals surface area (Å²) in [4.78, 5) is 53.3. The van der Waals surface area contributed by atoms with Crippen LogP contribution in [0, 0.1) is 0 Å². The molecule has 2 N–H and O–H groups in total. The van der Waals surface area contributed by atoms with Crippen molar-refractivity contribution in [2.24, 2.45) is 0 Å². The standard InChI is InChI=1S/C26H38N4O4S/c1-27-24(32)12-11-20(19-31)30-18-22-21(26(30)34)8-7-9-23(22)35-17-13-28-25(33)10-3-6-16-29-14-4-2-5-15-29/h7-9,19-20H,2-6,10-18H2,1H3,(H,27,32)(H,28,33). The fourth-order valence-corrected chi connectivity index (χ4v) is 5.62. The normalized spacial score (nSPS) is 16.6. The lowest BCUT2D eigenvalue weighted by molar-refractivity contribution is -0.122. The Kier molecular flexibility index (Phi) is 11.1. The van der Waals surface area contributed by atoms with Crippen molar-refractivity contribution in [3.8, 4) is 0 Å². The second-order valence-electron chi connectivity index (χ2n) is 9.19. The number of likely N-dealkylation sites (tertiary alicyclic amines) is 1. The minimum atomic E-state index is -0.626. The predicted molar refractivity (Wildman–Crippen MR) is 137 cm³/mol. The van der Waals surface area contributed by atoms with Gasteiger partial charge in [0.05, 0.1) is 6.04 Å². The molecule has 3 amide bonds. The molecule has 1 unspecified atom stereocenters. The number of carbonyl (C=O) groups is 4. The van der Waals surface area contributed by atoms with E-state index in [9.17, 15) is 19.2 Å². The molecule has 0 bridgehead atoms. The number of nitrogens with one attached hydrogen (secondary N) is 2. The molecule has 0 saturated carbocycles. The van der Waals surface area contributed by atoms with Gasteiger partial charge in [-0.1, -0.05) is 12.5 Å². The van der Waals surface area contributed by atoms with Gasteiger partial charge in [0, 0.05) is 49.2 Å². The highest BCUT2D eigenvalue weighted by Crippen LogP contribution is 2.33. The van der Waals surface area contributed by atoms with E-state index in [1.54, 1.807) is 29.8 Å². The van der Waals surface area contributed by atoms with Crippen molar-refractivity contribution in [2.45, 2.75) is 68.8 Å². The number of hydrogen-bond acceptors (Lipinski definition) is 6. The number of fused-ring (bicyclic) bond motifs is 1. The van der Waals surface area contributed by atoms with Gasteiger partial charge in [0.25, 0.3) is 5.91 Å². The topological polar surface area (TPSA) is 98.8 Å². The monoisotopic (exact) mass is 502 g/mol. The van der Waals surface area contributed by atoms with Crippen LogP contribution in [0.1, 0.15) is 67.3 Å². The Hall–Kier alpha value is -2.39. The lowest BCUT2D eigenvalue weighted by atomic mass is 10.1. The highest BCUT2D eigenvalue weighted by atomic mass is 32.2. The van der Waals surface area contributed by atoms with Gasteiger partial charge in [0.2, 0.25) is 11.8 Å². The fourth-order valence-electron chi connectivity index (χ4n) is 4.67. The van der Waals surface area contributed by atoms with E-state index in [0.717, 1.165) is 36.1 Å². The second kappa shape index (κ2) is 14.2. The Morgan fingerprint density at radius 3 is 2.66 bits per heavy atom. The molecule has 2 aliphatic heterocycles. The third-order valence-corrected chi connectivity index (χ3v) is 7.82. The molecule has 0 spiro atoms. The van der Waals surface area contributed by atoms with Crippen molar-refractivity contribution in [3.05, 3.63) is 29.3 Å². The highest BCUT2D eigenvalue weighted by Gasteiger charge is 2.34. The number of amides is 3. The van der Waals surface area contributed by atoms with Crippen LogP contribution < -0.4 is 10.6 Å². The number of benzene rings is 1. The number of carbonyl (C=O) groups excluding carboxylic acids is 4. The molecule has 8 nitrogen and oxygen atoms in total. The van der Waals surface area contributed by atoms with E-state index >= 15 is 0 Å².